The number of hydrogen-bond acceptors (Lipinski definition) is 4. The van der Waals surface area contributed by atoms with Crippen molar-refractivity contribution in [3.63, 3.8) is 0 Å². The molecule has 0 amide bonds. The van der Waals surface area contributed by atoms with E-state index >= 15 is 0 Å². The number of hydrogen-bond donors (Lipinski definition) is 1. The summed E-state index contributed by atoms with van der Waals surface area (Å²) in [6.45, 7) is 3.28. The zero-order valence-corrected chi connectivity index (χ0v) is 12.7. The highest BCUT2D eigenvalue weighted by Crippen LogP contribution is 2.32. The minimum atomic E-state index is -3.07. The molecule has 1 fully saturated rings. The molecule has 3 rings (SSSR count). The van der Waals surface area contributed by atoms with Crippen molar-refractivity contribution < 1.29 is 8.42 Å². The molecule has 4 nitrogen and oxygen atoms in total. The number of likely N-dealkylation sites (tertiary alicyclic amines) is 1. The maximum atomic E-state index is 12.1. The van der Waals surface area contributed by atoms with E-state index < -0.39 is 9.84 Å². The first-order chi connectivity index (χ1) is 9.56. The van der Waals surface area contributed by atoms with Gasteiger partial charge in [-0.1, -0.05) is 18.2 Å². The zero-order chi connectivity index (χ0) is 14.2. The van der Waals surface area contributed by atoms with E-state index in [2.05, 4.69) is 17.3 Å². The molecule has 0 radical (unpaired) electrons. The summed E-state index contributed by atoms with van der Waals surface area (Å²) in [5.74, 6) is 0.942. The van der Waals surface area contributed by atoms with Crippen LogP contribution in [0.15, 0.2) is 29.2 Å². The van der Waals surface area contributed by atoms with Gasteiger partial charge in [-0.2, -0.15) is 0 Å². The first-order valence-corrected chi connectivity index (χ1v) is 8.95. The average molecular weight is 294 g/mol. The molecule has 0 aromatic heterocycles. The molecule has 5 heteroatoms. The second-order valence-corrected chi connectivity index (χ2v) is 8.10. The highest BCUT2D eigenvalue weighted by molar-refractivity contribution is 7.91. The van der Waals surface area contributed by atoms with Gasteiger partial charge >= 0.3 is 0 Å². The molecule has 2 unspecified atom stereocenters. The van der Waals surface area contributed by atoms with Gasteiger partial charge in [-0.05, 0) is 50.5 Å². The Kier molecular flexibility index (Phi) is 3.84. The lowest BCUT2D eigenvalue weighted by Crippen LogP contribution is -2.33. The zero-order valence-electron chi connectivity index (χ0n) is 11.9. The largest absolute Gasteiger partial charge is 0.310 e. The second kappa shape index (κ2) is 5.47. The van der Waals surface area contributed by atoms with Gasteiger partial charge in [-0.15, -0.1) is 0 Å². The molecule has 2 atom stereocenters. The highest BCUT2D eigenvalue weighted by atomic mass is 32.2. The van der Waals surface area contributed by atoms with E-state index in [0.717, 1.165) is 18.7 Å². The van der Waals surface area contributed by atoms with Crippen molar-refractivity contribution in [2.75, 3.05) is 32.4 Å². The van der Waals surface area contributed by atoms with E-state index in [1.807, 2.05) is 18.2 Å². The highest BCUT2D eigenvalue weighted by Gasteiger charge is 2.30. The first-order valence-electron chi connectivity index (χ1n) is 7.30. The van der Waals surface area contributed by atoms with Crippen LogP contribution in [0.5, 0.6) is 0 Å². The predicted octanol–water partition coefficient (Wildman–Crippen LogP) is 1.45. The normalized spacial score (nSPS) is 29.2. The molecule has 1 aromatic rings. The van der Waals surface area contributed by atoms with Crippen LogP contribution in [0.4, 0.5) is 0 Å². The van der Waals surface area contributed by atoms with Crippen molar-refractivity contribution in [3.8, 4) is 0 Å². The Hall–Kier alpha value is -0.910. The van der Waals surface area contributed by atoms with E-state index in [9.17, 15) is 8.42 Å². The summed E-state index contributed by atoms with van der Waals surface area (Å²) < 4.78 is 24.2. The van der Waals surface area contributed by atoms with Gasteiger partial charge < -0.3 is 10.2 Å². The van der Waals surface area contributed by atoms with Crippen LogP contribution in [0.3, 0.4) is 0 Å². The van der Waals surface area contributed by atoms with Crippen molar-refractivity contribution in [2.45, 2.75) is 23.8 Å². The Morgan fingerprint density at radius 3 is 2.85 bits per heavy atom. The fraction of sp³-hybridized carbons (Fsp3) is 0.600. The minimum absolute atomic E-state index is 0.181. The number of fused-ring (bicyclic) bond motifs is 1. The standard InChI is InChI=1S/C15H22N2O2S/c1-17-8-6-12(11-17)10-16-14-7-9-20(18,19)15-5-3-2-4-13(14)15/h2-5,12,14,16H,6-11H2,1H3. The van der Waals surface area contributed by atoms with Crippen molar-refractivity contribution in [3.05, 3.63) is 29.8 Å². The van der Waals surface area contributed by atoms with Crippen molar-refractivity contribution in [1.82, 2.24) is 10.2 Å². The van der Waals surface area contributed by atoms with Crippen LogP contribution in [0.25, 0.3) is 0 Å². The van der Waals surface area contributed by atoms with Gasteiger partial charge in [0, 0.05) is 12.6 Å². The van der Waals surface area contributed by atoms with Crippen molar-refractivity contribution >= 4 is 9.84 Å². The summed E-state index contributed by atoms with van der Waals surface area (Å²) in [6.07, 6.45) is 1.91. The van der Waals surface area contributed by atoms with E-state index in [0.29, 0.717) is 17.2 Å². The first kappa shape index (κ1) is 14.0. The summed E-state index contributed by atoms with van der Waals surface area (Å²) in [6, 6.07) is 7.61. The van der Waals surface area contributed by atoms with Crippen LogP contribution in [0.1, 0.15) is 24.4 Å². The molecular weight excluding hydrogens is 272 g/mol. The van der Waals surface area contributed by atoms with Crippen molar-refractivity contribution in [2.24, 2.45) is 5.92 Å². The third-order valence-corrected chi connectivity index (χ3v) is 6.26. The lowest BCUT2D eigenvalue weighted by molar-refractivity contribution is 0.375. The van der Waals surface area contributed by atoms with Gasteiger partial charge in [0.05, 0.1) is 10.6 Å². The molecule has 2 heterocycles. The van der Waals surface area contributed by atoms with Crippen LogP contribution in [-0.2, 0) is 9.84 Å². The molecular formula is C15H22N2O2S. The minimum Gasteiger partial charge on any atom is -0.310 e. The summed E-state index contributed by atoms with van der Waals surface area (Å²) in [4.78, 5) is 2.87. The van der Waals surface area contributed by atoms with Crippen LogP contribution >= 0.6 is 0 Å². The van der Waals surface area contributed by atoms with Gasteiger partial charge in [-0.25, -0.2) is 8.42 Å². The fourth-order valence-electron chi connectivity index (χ4n) is 3.30. The Bertz CT molecular complexity index is 585. The maximum absolute atomic E-state index is 12.1. The van der Waals surface area contributed by atoms with Gasteiger partial charge in [0.2, 0.25) is 0 Å². The van der Waals surface area contributed by atoms with Gasteiger partial charge in [0.1, 0.15) is 0 Å². The Morgan fingerprint density at radius 2 is 2.10 bits per heavy atom. The molecule has 2 aliphatic rings. The molecule has 1 saturated heterocycles. The van der Waals surface area contributed by atoms with Gasteiger partial charge in [0.25, 0.3) is 0 Å². The summed E-state index contributed by atoms with van der Waals surface area (Å²) in [5, 5.41) is 3.59. The summed E-state index contributed by atoms with van der Waals surface area (Å²) in [5.41, 5.74) is 0.949. The van der Waals surface area contributed by atoms with Crippen molar-refractivity contribution in [1.29, 1.82) is 0 Å². The number of rotatable bonds is 3. The second-order valence-electron chi connectivity index (χ2n) is 6.02. The summed E-state index contributed by atoms with van der Waals surface area (Å²) >= 11 is 0. The van der Waals surface area contributed by atoms with E-state index in [4.69, 9.17) is 0 Å². The topological polar surface area (TPSA) is 49.4 Å². The smallest absolute Gasteiger partial charge is 0.178 e. The van der Waals surface area contributed by atoms with E-state index in [1.54, 1.807) is 6.07 Å². The lowest BCUT2D eigenvalue weighted by Gasteiger charge is -2.27. The SMILES string of the molecule is CN1CCC(CNC2CCS(=O)(=O)c3ccccc32)C1. The average Bonchev–Trinajstić information content (AvgIpc) is 2.84. The van der Waals surface area contributed by atoms with Crippen LogP contribution in [-0.4, -0.2) is 45.8 Å². The lowest BCUT2D eigenvalue weighted by atomic mass is 10.0. The molecule has 0 saturated carbocycles. The van der Waals surface area contributed by atoms with Gasteiger partial charge in [0.15, 0.2) is 9.84 Å². The molecule has 0 bridgehead atoms. The molecule has 110 valence electrons. The quantitative estimate of drug-likeness (QED) is 0.916. The van der Waals surface area contributed by atoms with Crippen LogP contribution in [0.2, 0.25) is 0 Å². The third-order valence-electron chi connectivity index (χ3n) is 4.45. The van der Waals surface area contributed by atoms with Crippen LogP contribution < -0.4 is 5.32 Å². The Labute approximate surface area is 121 Å². The number of nitrogens with zero attached hydrogens (tertiary/aromatic N) is 1. The summed E-state index contributed by atoms with van der Waals surface area (Å²) in [7, 11) is -0.914. The fourth-order valence-corrected chi connectivity index (χ4v) is 4.93. The predicted molar refractivity (Wildman–Crippen MR) is 79.5 cm³/mol. The van der Waals surface area contributed by atoms with Crippen LogP contribution in [0, 0.1) is 5.92 Å². The Morgan fingerprint density at radius 1 is 1.30 bits per heavy atom. The maximum Gasteiger partial charge on any atom is 0.178 e. The number of sulfone groups is 1. The molecule has 20 heavy (non-hydrogen) atoms. The molecule has 1 N–H and O–H groups in total. The molecule has 0 spiro atoms. The number of nitrogens with one attached hydrogen (secondary N) is 1. The Balaban J connectivity index is 1.72. The van der Waals surface area contributed by atoms with Gasteiger partial charge in [-0.3, -0.25) is 0 Å². The van der Waals surface area contributed by atoms with E-state index in [-0.39, 0.29) is 11.8 Å². The number of benzene rings is 1. The van der Waals surface area contributed by atoms with E-state index in [1.165, 1.54) is 13.0 Å². The molecule has 2 aliphatic heterocycles. The monoisotopic (exact) mass is 294 g/mol. The third kappa shape index (κ3) is 2.75. The molecule has 0 aliphatic carbocycles. The molecule has 1 aromatic carbocycles.